The molecule has 0 bridgehead atoms. The van der Waals surface area contributed by atoms with Gasteiger partial charge in [0.15, 0.2) is 11.5 Å². The van der Waals surface area contributed by atoms with Crippen molar-refractivity contribution in [3.8, 4) is 11.5 Å². The van der Waals surface area contributed by atoms with Gasteiger partial charge in [-0.25, -0.2) is 9.97 Å². The number of hydrogen-bond donors (Lipinski definition) is 1. The molecule has 2 aromatic rings. The van der Waals surface area contributed by atoms with Gasteiger partial charge in [-0.15, -0.1) is 0 Å². The van der Waals surface area contributed by atoms with Crippen LogP contribution in [0.1, 0.15) is 31.5 Å². The summed E-state index contributed by atoms with van der Waals surface area (Å²) in [5.41, 5.74) is 2.87. The summed E-state index contributed by atoms with van der Waals surface area (Å²) >= 11 is 0. The summed E-state index contributed by atoms with van der Waals surface area (Å²) in [5, 5.41) is 3.02. The van der Waals surface area contributed by atoms with E-state index in [9.17, 15) is 4.79 Å². The molecule has 1 amide bonds. The molecule has 2 heterocycles. The van der Waals surface area contributed by atoms with Crippen LogP contribution < -0.4 is 19.7 Å². The number of fused-ring (bicyclic) bond motifs is 2. The Bertz CT molecular complexity index is 867. The molecule has 1 atom stereocenters. The molecule has 1 unspecified atom stereocenters. The van der Waals surface area contributed by atoms with Crippen molar-refractivity contribution in [2.75, 3.05) is 36.5 Å². The van der Waals surface area contributed by atoms with Crippen LogP contribution >= 0.6 is 0 Å². The number of anilines is 2. The smallest absolute Gasteiger partial charge is 0.227 e. The van der Waals surface area contributed by atoms with Crippen LogP contribution in [0, 0.1) is 5.92 Å². The number of aryl methyl sites for hydroxylation is 1. The van der Waals surface area contributed by atoms with E-state index in [1.807, 2.05) is 24.4 Å². The van der Waals surface area contributed by atoms with Crippen molar-refractivity contribution in [1.29, 1.82) is 0 Å². The molecular formula is C21H26N4O3. The Hall–Kier alpha value is -2.83. The van der Waals surface area contributed by atoms with Gasteiger partial charge in [-0.3, -0.25) is 4.79 Å². The maximum Gasteiger partial charge on any atom is 0.227 e. The van der Waals surface area contributed by atoms with Crippen molar-refractivity contribution in [2.24, 2.45) is 5.92 Å². The van der Waals surface area contributed by atoms with E-state index in [1.54, 1.807) is 0 Å². The molecular weight excluding hydrogens is 356 g/mol. The molecule has 0 radical (unpaired) electrons. The number of hydrogen-bond acceptors (Lipinski definition) is 6. The van der Waals surface area contributed by atoms with Crippen LogP contribution in [0.3, 0.4) is 0 Å². The van der Waals surface area contributed by atoms with Crippen LogP contribution in [0.5, 0.6) is 11.5 Å². The summed E-state index contributed by atoms with van der Waals surface area (Å²) in [4.78, 5) is 24.2. The zero-order valence-electron chi connectivity index (χ0n) is 16.4. The minimum Gasteiger partial charge on any atom is -0.486 e. The van der Waals surface area contributed by atoms with E-state index in [0.29, 0.717) is 25.4 Å². The number of carbonyl (C=O) groups excluding carboxylic acids is 1. The maximum atomic E-state index is 12.8. The van der Waals surface area contributed by atoms with Crippen LogP contribution in [0.2, 0.25) is 0 Å². The second-order valence-electron chi connectivity index (χ2n) is 7.10. The van der Waals surface area contributed by atoms with Crippen molar-refractivity contribution >= 4 is 17.5 Å². The minimum absolute atomic E-state index is 0.0233. The molecule has 0 fully saturated rings. The highest BCUT2D eigenvalue weighted by Crippen LogP contribution is 2.33. The lowest BCUT2D eigenvalue weighted by Crippen LogP contribution is -2.30. The SMILES string of the molecule is CCN(CC)c1ncc2c(n1)CCC(C(=O)Nc1ccc3c(c1)OCCO3)C2. The predicted molar refractivity (Wildman–Crippen MR) is 107 cm³/mol. The second kappa shape index (κ2) is 8.04. The third-order valence-corrected chi connectivity index (χ3v) is 5.36. The van der Waals surface area contributed by atoms with E-state index in [2.05, 4.69) is 29.0 Å². The molecule has 1 aliphatic heterocycles. The number of ether oxygens (including phenoxy) is 2. The van der Waals surface area contributed by atoms with Crippen LogP contribution in [0.4, 0.5) is 11.6 Å². The van der Waals surface area contributed by atoms with Crippen molar-refractivity contribution in [1.82, 2.24) is 9.97 Å². The fourth-order valence-corrected chi connectivity index (χ4v) is 3.75. The fraction of sp³-hybridized carbons (Fsp3) is 0.476. The van der Waals surface area contributed by atoms with Gasteiger partial charge in [0.25, 0.3) is 0 Å². The van der Waals surface area contributed by atoms with Gasteiger partial charge in [-0.1, -0.05) is 0 Å². The van der Waals surface area contributed by atoms with Gasteiger partial charge >= 0.3 is 0 Å². The number of rotatable bonds is 5. The molecule has 7 heteroatoms. The quantitative estimate of drug-likeness (QED) is 0.857. The predicted octanol–water partition coefficient (Wildman–Crippen LogP) is 2.84. The summed E-state index contributed by atoms with van der Waals surface area (Å²) in [5.74, 6) is 2.12. The Morgan fingerprint density at radius 1 is 1.21 bits per heavy atom. The molecule has 28 heavy (non-hydrogen) atoms. The number of nitrogens with one attached hydrogen (secondary N) is 1. The van der Waals surface area contributed by atoms with Gasteiger partial charge in [-0.05, 0) is 50.8 Å². The van der Waals surface area contributed by atoms with Gasteiger partial charge in [0, 0.05) is 42.7 Å². The van der Waals surface area contributed by atoms with Gasteiger partial charge in [0.05, 0.1) is 0 Å². The first-order valence-electron chi connectivity index (χ1n) is 9.98. The first-order chi connectivity index (χ1) is 13.7. The van der Waals surface area contributed by atoms with E-state index >= 15 is 0 Å². The van der Waals surface area contributed by atoms with Crippen LogP contribution in [-0.4, -0.2) is 42.2 Å². The summed E-state index contributed by atoms with van der Waals surface area (Å²) in [6.45, 7) is 7.05. The third-order valence-electron chi connectivity index (χ3n) is 5.36. The molecule has 0 saturated heterocycles. The molecule has 1 N–H and O–H groups in total. The zero-order valence-corrected chi connectivity index (χ0v) is 16.4. The first-order valence-corrected chi connectivity index (χ1v) is 9.98. The lowest BCUT2D eigenvalue weighted by atomic mass is 9.86. The van der Waals surface area contributed by atoms with E-state index < -0.39 is 0 Å². The molecule has 0 saturated carbocycles. The summed E-state index contributed by atoms with van der Waals surface area (Å²) in [7, 11) is 0. The number of aromatic nitrogens is 2. The topological polar surface area (TPSA) is 76.6 Å². The first kappa shape index (κ1) is 18.5. The largest absolute Gasteiger partial charge is 0.486 e. The van der Waals surface area contributed by atoms with Crippen molar-refractivity contribution < 1.29 is 14.3 Å². The standard InChI is InChI=1S/C21H26N4O3/c1-3-25(4-2)21-22-13-15-11-14(5-7-17(15)24-21)20(26)23-16-6-8-18-19(12-16)28-10-9-27-18/h6,8,12-14H,3-5,7,9-11H2,1-2H3,(H,23,26). The van der Waals surface area contributed by atoms with Crippen LogP contribution in [-0.2, 0) is 17.6 Å². The Morgan fingerprint density at radius 2 is 2.00 bits per heavy atom. The fourth-order valence-electron chi connectivity index (χ4n) is 3.75. The highest BCUT2D eigenvalue weighted by Gasteiger charge is 2.27. The van der Waals surface area contributed by atoms with E-state index in [4.69, 9.17) is 14.5 Å². The Labute approximate surface area is 165 Å². The number of carbonyl (C=O) groups is 1. The summed E-state index contributed by atoms with van der Waals surface area (Å²) < 4.78 is 11.1. The minimum atomic E-state index is -0.0800. The van der Waals surface area contributed by atoms with E-state index in [1.165, 1.54) is 0 Å². The van der Waals surface area contributed by atoms with Crippen molar-refractivity contribution in [3.63, 3.8) is 0 Å². The average Bonchev–Trinajstić information content (AvgIpc) is 2.74. The monoisotopic (exact) mass is 382 g/mol. The molecule has 1 aliphatic carbocycles. The number of nitrogens with zero attached hydrogens (tertiary/aromatic N) is 3. The van der Waals surface area contributed by atoms with Crippen molar-refractivity contribution in [2.45, 2.75) is 33.1 Å². The molecule has 0 spiro atoms. The van der Waals surface area contributed by atoms with Gasteiger partial charge < -0.3 is 19.7 Å². The molecule has 148 valence electrons. The molecule has 1 aromatic carbocycles. The normalized spacial score (nSPS) is 17.6. The molecule has 2 aliphatic rings. The highest BCUT2D eigenvalue weighted by atomic mass is 16.6. The Morgan fingerprint density at radius 3 is 2.79 bits per heavy atom. The lowest BCUT2D eigenvalue weighted by molar-refractivity contribution is -0.120. The zero-order chi connectivity index (χ0) is 19.5. The van der Waals surface area contributed by atoms with Gasteiger partial charge in [0.1, 0.15) is 13.2 Å². The molecule has 4 rings (SSSR count). The third kappa shape index (κ3) is 3.74. The van der Waals surface area contributed by atoms with E-state index in [-0.39, 0.29) is 11.8 Å². The van der Waals surface area contributed by atoms with Crippen molar-refractivity contribution in [3.05, 3.63) is 35.7 Å². The number of amides is 1. The lowest BCUT2D eigenvalue weighted by Gasteiger charge is -2.25. The van der Waals surface area contributed by atoms with Gasteiger partial charge in [-0.2, -0.15) is 0 Å². The Balaban J connectivity index is 1.43. The maximum absolute atomic E-state index is 12.8. The molecule has 7 nitrogen and oxygen atoms in total. The van der Waals surface area contributed by atoms with Crippen LogP contribution in [0.25, 0.3) is 0 Å². The summed E-state index contributed by atoms with van der Waals surface area (Å²) in [6, 6.07) is 5.51. The Kier molecular flexibility index (Phi) is 5.32. The van der Waals surface area contributed by atoms with Gasteiger partial charge in [0.2, 0.25) is 11.9 Å². The highest BCUT2D eigenvalue weighted by molar-refractivity contribution is 5.93. The average molecular weight is 382 g/mol. The van der Waals surface area contributed by atoms with E-state index in [0.717, 1.165) is 54.6 Å². The number of benzene rings is 1. The van der Waals surface area contributed by atoms with Crippen LogP contribution in [0.15, 0.2) is 24.4 Å². The summed E-state index contributed by atoms with van der Waals surface area (Å²) in [6.07, 6.45) is 4.15. The molecule has 1 aromatic heterocycles. The second-order valence-corrected chi connectivity index (χ2v) is 7.10.